The van der Waals surface area contributed by atoms with Gasteiger partial charge in [-0.1, -0.05) is 133 Å². The van der Waals surface area contributed by atoms with E-state index in [1.807, 2.05) is 84.9 Å². The molecule has 8 aromatic rings. The summed E-state index contributed by atoms with van der Waals surface area (Å²) in [5.74, 6) is 0. The third-order valence-corrected chi connectivity index (χ3v) is 13.0. The van der Waals surface area contributed by atoms with Gasteiger partial charge >= 0.3 is 12.4 Å². The first-order valence-corrected chi connectivity index (χ1v) is 18.6. The van der Waals surface area contributed by atoms with E-state index in [1.165, 1.54) is 13.8 Å². The van der Waals surface area contributed by atoms with E-state index in [0.29, 0.717) is 33.4 Å². The summed E-state index contributed by atoms with van der Waals surface area (Å²) in [6, 6.07) is 44.3. The highest BCUT2D eigenvalue weighted by Crippen LogP contribution is 2.62. The monoisotopic (exact) mass is 744 g/mol. The fraction of sp³-hybridized carbons (Fsp3) is 0.120. The van der Waals surface area contributed by atoms with Gasteiger partial charge in [0.05, 0.1) is 0 Å². The highest BCUT2D eigenvalue weighted by atomic mass is 19.4. The zero-order valence-corrected chi connectivity index (χ0v) is 30.1. The fourth-order valence-corrected chi connectivity index (χ4v) is 10.2. The predicted molar refractivity (Wildman–Crippen MR) is 213 cm³/mol. The summed E-state index contributed by atoms with van der Waals surface area (Å²) >= 11 is 0. The van der Waals surface area contributed by atoms with Crippen LogP contribution in [0.2, 0.25) is 0 Å². The van der Waals surface area contributed by atoms with Gasteiger partial charge in [0.1, 0.15) is 10.8 Å². The summed E-state index contributed by atoms with van der Waals surface area (Å²) in [5.41, 5.74) is 5.10. The van der Waals surface area contributed by atoms with Crippen molar-refractivity contribution in [3.63, 3.8) is 0 Å². The smallest absolute Gasteiger partial charge is 0.170 e. The Morgan fingerprint density at radius 2 is 0.732 bits per heavy atom. The van der Waals surface area contributed by atoms with E-state index in [2.05, 4.69) is 0 Å². The van der Waals surface area contributed by atoms with E-state index in [0.717, 1.165) is 54.9 Å². The zero-order chi connectivity index (χ0) is 38.5. The van der Waals surface area contributed by atoms with Crippen LogP contribution in [0, 0.1) is 0 Å². The maximum Gasteiger partial charge on any atom is 0.402 e. The van der Waals surface area contributed by atoms with E-state index in [4.69, 9.17) is 0 Å². The molecule has 0 saturated heterocycles. The lowest BCUT2D eigenvalue weighted by atomic mass is 9.76. The van der Waals surface area contributed by atoms with Gasteiger partial charge in [0.15, 0.2) is 0 Å². The molecule has 2 atom stereocenters. The first-order valence-electron chi connectivity index (χ1n) is 18.6. The quantitative estimate of drug-likeness (QED) is 0.155. The molecule has 0 N–H and O–H groups in total. The topological polar surface area (TPSA) is 0 Å². The van der Waals surface area contributed by atoms with Gasteiger partial charge in [-0.2, -0.15) is 26.3 Å². The summed E-state index contributed by atoms with van der Waals surface area (Å²) in [7, 11) is 0. The van der Waals surface area contributed by atoms with Gasteiger partial charge in [-0.3, -0.25) is 0 Å². The summed E-state index contributed by atoms with van der Waals surface area (Å²) in [6.07, 6.45) is -9.14. The molecule has 11 rings (SSSR count). The van der Waals surface area contributed by atoms with Crippen molar-refractivity contribution in [3.05, 3.63) is 168 Å². The summed E-state index contributed by atoms with van der Waals surface area (Å²) in [5, 5.41) is 3.61. The lowest BCUT2D eigenvalue weighted by Crippen LogP contribution is -2.38. The Bertz CT molecular complexity index is 2840. The SMILES string of the molecule is CC1(C(F)(F)F)c2ccccc2-c2ccc(-c3c4c(c(-c5ccc6c(c5)C(C)(C(F)(F)F)c5ccccc5-6)c5ccccc35)-c3cccc5cccc-4c35)cc21. The summed E-state index contributed by atoms with van der Waals surface area (Å²) in [6.45, 7) is 2.54. The molecule has 0 amide bonds. The minimum absolute atomic E-state index is 0.198. The van der Waals surface area contributed by atoms with Gasteiger partial charge in [-0.05, 0) is 137 Å². The van der Waals surface area contributed by atoms with Gasteiger partial charge in [-0.25, -0.2) is 0 Å². The summed E-state index contributed by atoms with van der Waals surface area (Å²) < 4.78 is 91.9. The Morgan fingerprint density at radius 3 is 1.16 bits per heavy atom. The molecule has 0 aromatic heterocycles. The Morgan fingerprint density at radius 1 is 0.357 bits per heavy atom. The van der Waals surface area contributed by atoms with E-state index < -0.39 is 23.2 Å². The number of alkyl halides is 6. The van der Waals surface area contributed by atoms with Crippen LogP contribution in [-0.4, -0.2) is 12.4 Å². The second-order valence-electron chi connectivity index (χ2n) is 15.6. The lowest BCUT2D eigenvalue weighted by molar-refractivity contribution is -0.172. The van der Waals surface area contributed by atoms with Gasteiger partial charge in [0.2, 0.25) is 0 Å². The van der Waals surface area contributed by atoms with Gasteiger partial charge < -0.3 is 0 Å². The molecule has 56 heavy (non-hydrogen) atoms. The number of benzene rings is 8. The molecule has 0 spiro atoms. The highest BCUT2D eigenvalue weighted by molar-refractivity contribution is 6.27. The Hall–Kier alpha value is -6.14. The minimum atomic E-state index is -4.57. The number of halogens is 6. The number of fused-ring (bicyclic) bond motifs is 10. The Balaban J connectivity index is 1.25. The van der Waals surface area contributed by atoms with Crippen LogP contribution < -0.4 is 0 Å². The largest absolute Gasteiger partial charge is 0.402 e. The minimum Gasteiger partial charge on any atom is -0.170 e. The van der Waals surface area contributed by atoms with E-state index >= 15 is 26.3 Å². The number of hydrogen-bond donors (Lipinski definition) is 0. The third kappa shape index (κ3) is 3.96. The van der Waals surface area contributed by atoms with Crippen LogP contribution in [0.1, 0.15) is 36.1 Å². The zero-order valence-electron chi connectivity index (χ0n) is 30.1. The van der Waals surface area contributed by atoms with Crippen molar-refractivity contribution in [1.82, 2.24) is 0 Å². The normalized spacial score (nSPS) is 18.9. The first kappa shape index (κ1) is 33.2. The van der Waals surface area contributed by atoms with Crippen LogP contribution in [0.3, 0.4) is 0 Å². The maximum atomic E-state index is 15.3. The standard InChI is InChI=1S/C50H30F6/c1-47(49(51,52)53)38-19-7-5-13-30(38)32-23-21-28(25-40(32)47)43-34-15-3-4-16-35(34)44(46-37-18-10-12-27-11-9-17-36(42(27)37)45(43)46)29-22-24-33-31-14-6-8-20-39(31)48(2,41(33)26-29)50(54,55)56/h3-26H,1-2H3. The molecule has 0 radical (unpaired) electrons. The average molecular weight is 745 g/mol. The van der Waals surface area contributed by atoms with Crippen molar-refractivity contribution < 1.29 is 26.3 Å². The molecule has 0 bridgehead atoms. The Labute approximate surface area is 318 Å². The Kier molecular flexibility index (Phi) is 6.40. The van der Waals surface area contributed by atoms with Crippen molar-refractivity contribution >= 4 is 21.5 Å². The molecule has 8 aromatic carbocycles. The molecule has 6 heteroatoms. The van der Waals surface area contributed by atoms with Crippen LogP contribution in [0.4, 0.5) is 26.3 Å². The van der Waals surface area contributed by atoms with E-state index in [9.17, 15) is 0 Å². The van der Waals surface area contributed by atoms with E-state index in [-0.39, 0.29) is 22.3 Å². The molecule has 0 saturated carbocycles. The number of hydrogen-bond acceptors (Lipinski definition) is 0. The average Bonchev–Trinajstić information content (AvgIpc) is 3.77. The lowest BCUT2D eigenvalue weighted by Gasteiger charge is -2.31. The van der Waals surface area contributed by atoms with Crippen molar-refractivity contribution in [2.45, 2.75) is 37.0 Å². The molecule has 3 aliphatic carbocycles. The van der Waals surface area contributed by atoms with Crippen molar-refractivity contribution in [2.75, 3.05) is 0 Å². The van der Waals surface area contributed by atoms with Crippen molar-refractivity contribution in [3.8, 4) is 66.8 Å². The molecule has 3 aliphatic rings. The van der Waals surface area contributed by atoms with Crippen LogP contribution >= 0.6 is 0 Å². The van der Waals surface area contributed by atoms with Crippen molar-refractivity contribution in [1.29, 1.82) is 0 Å². The van der Waals surface area contributed by atoms with Crippen LogP contribution in [0.5, 0.6) is 0 Å². The molecular formula is C50H30F6. The molecule has 0 nitrogen and oxygen atoms in total. The first-order chi connectivity index (χ1) is 26.8. The second kappa shape index (κ2) is 10.8. The predicted octanol–water partition coefficient (Wildman–Crippen LogP) is 14.7. The van der Waals surface area contributed by atoms with Crippen LogP contribution in [0.15, 0.2) is 146 Å². The molecule has 2 unspecified atom stereocenters. The van der Waals surface area contributed by atoms with Crippen LogP contribution in [-0.2, 0) is 10.8 Å². The van der Waals surface area contributed by atoms with Gasteiger partial charge in [0, 0.05) is 0 Å². The molecule has 0 aliphatic heterocycles. The van der Waals surface area contributed by atoms with Crippen LogP contribution in [0.25, 0.3) is 88.3 Å². The fourth-order valence-electron chi connectivity index (χ4n) is 10.2. The van der Waals surface area contributed by atoms with E-state index in [1.54, 1.807) is 60.7 Å². The molecule has 0 fully saturated rings. The maximum absolute atomic E-state index is 15.3. The third-order valence-electron chi connectivity index (χ3n) is 13.0. The molecule has 272 valence electrons. The molecular weight excluding hydrogens is 715 g/mol. The van der Waals surface area contributed by atoms with Gasteiger partial charge in [0.25, 0.3) is 0 Å². The molecule has 0 heterocycles. The van der Waals surface area contributed by atoms with Crippen molar-refractivity contribution in [2.24, 2.45) is 0 Å². The highest BCUT2D eigenvalue weighted by Gasteiger charge is 2.59. The number of rotatable bonds is 2. The van der Waals surface area contributed by atoms with Gasteiger partial charge in [-0.15, -0.1) is 0 Å². The second-order valence-corrected chi connectivity index (χ2v) is 15.6. The summed E-state index contributed by atoms with van der Waals surface area (Å²) in [4.78, 5) is 0.